The number of benzene rings is 1. The Bertz CT molecular complexity index is 548. The van der Waals surface area contributed by atoms with E-state index in [1.54, 1.807) is 6.92 Å². The number of amides is 3. The number of hydrogen-bond donors (Lipinski definition) is 2. The van der Waals surface area contributed by atoms with Gasteiger partial charge in [-0.1, -0.05) is 30.3 Å². The van der Waals surface area contributed by atoms with Crippen molar-refractivity contribution < 1.29 is 19.2 Å². The van der Waals surface area contributed by atoms with Gasteiger partial charge < -0.3 is 10.2 Å². The second kappa shape index (κ2) is 10.4. The van der Waals surface area contributed by atoms with Gasteiger partial charge in [0, 0.05) is 26.9 Å². The lowest BCUT2D eigenvalue weighted by molar-refractivity contribution is -0.143. The van der Waals surface area contributed by atoms with E-state index in [9.17, 15) is 14.4 Å². The second-order valence-electron chi connectivity index (χ2n) is 5.51. The van der Waals surface area contributed by atoms with Crippen molar-refractivity contribution in [2.75, 3.05) is 20.1 Å². The standard InChI is InChI=1S/C17H25N3O4/c1-13(11-20(14(2)21)12-17(23)18-3)24-19-16(22)10-9-15-7-5-4-6-8-15/h4-8,13H,9-12H2,1-3H3,(H,18,23)(H,19,22). The fraction of sp³-hybridized carbons (Fsp3) is 0.471. The zero-order valence-electron chi connectivity index (χ0n) is 14.4. The second-order valence-corrected chi connectivity index (χ2v) is 5.51. The van der Waals surface area contributed by atoms with E-state index in [-0.39, 0.29) is 30.8 Å². The van der Waals surface area contributed by atoms with Crippen LogP contribution in [0.2, 0.25) is 0 Å². The molecule has 0 saturated carbocycles. The van der Waals surface area contributed by atoms with Crippen LogP contribution in [-0.4, -0.2) is 48.9 Å². The first kappa shape index (κ1) is 19.6. The fourth-order valence-corrected chi connectivity index (χ4v) is 2.02. The average molecular weight is 335 g/mol. The molecule has 0 spiro atoms. The molecule has 1 aromatic carbocycles. The Balaban J connectivity index is 2.32. The van der Waals surface area contributed by atoms with Gasteiger partial charge in [0.2, 0.25) is 17.7 Å². The lowest BCUT2D eigenvalue weighted by atomic mass is 10.1. The molecular weight excluding hydrogens is 310 g/mol. The van der Waals surface area contributed by atoms with E-state index in [1.165, 1.54) is 18.9 Å². The molecule has 3 amide bonds. The summed E-state index contributed by atoms with van der Waals surface area (Å²) >= 11 is 0. The van der Waals surface area contributed by atoms with E-state index in [4.69, 9.17) is 4.84 Å². The maximum absolute atomic E-state index is 11.8. The van der Waals surface area contributed by atoms with Crippen LogP contribution in [-0.2, 0) is 25.6 Å². The van der Waals surface area contributed by atoms with Gasteiger partial charge in [-0.05, 0) is 18.9 Å². The predicted octanol–water partition coefficient (Wildman–Crippen LogP) is 0.650. The molecule has 7 nitrogen and oxygen atoms in total. The molecule has 0 aromatic heterocycles. The predicted molar refractivity (Wildman–Crippen MR) is 89.8 cm³/mol. The van der Waals surface area contributed by atoms with E-state index in [0.29, 0.717) is 12.8 Å². The lowest BCUT2D eigenvalue weighted by Gasteiger charge is -2.23. The molecule has 1 atom stereocenters. The van der Waals surface area contributed by atoms with Crippen LogP contribution in [0.5, 0.6) is 0 Å². The highest BCUT2D eigenvalue weighted by atomic mass is 16.7. The first-order chi connectivity index (χ1) is 11.4. The summed E-state index contributed by atoms with van der Waals surface area (Å²) in [4.78, 5) is 41.3. The number of hydroxylamine groups is 1. The molecule has 7 heteroatoms. The van der Waals surface area contributed by atoms with Gasteiger partial charge in [-0.2, -0.15) is 0 Å². The molecule has 2 N–H and O–H groups in total. The zero-order chi connectivity index (χ0) is 17.9. The molecule has 0 heterocycles. The Morgan fingerprint density at radius 1 is 1.17 bits per heavy atom. The SMILES string of the molecule is CNC(=O)CN(CC(C)ONC(=O)CCc1ccccc1)C(C)=O. The van der Waals surface area contributed by atoms with Gasteiger partial charge in [0.25, 0.3) is 0 Å². The topological polar surface area (TPSA) is 87.7 Å². The third kappa shape index (κ3) is 7.73. The first-order valence-electron chi connectivity index (χ1n) is 7.87. The van der Waals surface area contributed by atoms with Crippen molar-refractivity contribution in [1.82, 2.24) is 15.7 Å². The molecule has 24 heavy (non-hydrogen) atoms. The highest BCUT2D eigenvalue weighted by Gasteiger charge is 2.17. The van der Waals surface area contributed by atoms with Gasteiger partial charge in [0.05, 0.1) is 6.54 Å². The minimum atomic E-state index is -0.431. The Morgan fingerprint density at radius 3 is 2.42 bits per heavy atom. The first-order valence-corrected chi connectivity index (χ1v) is 7.87. The fourth-order valence-electron chi connectivity index (χ4n) is 2.02. The Kier molecular flexibility index (Phi) is 8.49. The van der Waals surface area contributed by atoms with Crippen molar-refractivity contribution in [2.45, 2.75) is 32.8 Å². The van der Waals surface area contributed by atoms with Crippen molar-refractivity contribution in [2.24, 2.45) is 0 Å². The summed E-state index contributed by atoms with van der Waals surface area (Å²) in [5.41, 5.74) is 3.46. The maximum atomic E-state index is 11.8. The molecule has 0 aliphatic carbocycles. The van der Waals surface area contributed by atoms with Crippen molar-refractivity contribution in [1.29, 1.82) is 0 Å². The van der Waals surface area contributed by atoms with Crippen LogP contribution < -0.4 is 10.8 Å². The number of aryl methyl sites for hydroxylation is 1. The summed E-state index contributed by atoms with van der Waals surface area (Å²) in [5.74, 6) is -0.722. The van der Waals surface area contributed by atoms with Crippen LogP contribution in [0.3, 0.4) is 0 Å². The third-order valence-corrected chi connectivity index (χ3v) is 3.39. The van der Waals surface area contributed by atoms with Crippen molar-refractivity contribution in [3.05, 3.63) is 35.9 Å². The highest BCUT2D eigenvalue weighted by molar-refractivity contribution is 5.83. The molecule has 0 bridgehead atoms. The Labute approximate surface area is 142 Å². The number of nitrogens with zero attached hydrogens (tertiary/aromatic N) is 1. The molecule has 0 fully saturated rings. The van der Waals surface area contributed by atoms with Crippen LogP contribution in [0.4, 0.5) is 0 Å². The quantitative estimate of drug-likeness (QED) is 0.649. The lowest BCUT2D eigenvalue weighted by Crippen LogP contribution is -2.43. The average Bonchev–Trinajstić information content (AvgIpc) is 2.58. The van der Waals surface area contributed by atoms with E-state index in [2.05, 4.69) is 10.8 Å². The molecule has 0 radical (unpaired) electrons. The van der Waals surface area contributed by atoms with Crippen LogP contribution in [0, 0.1) is 0 Å². The van der Waals surface area contributed by atoms with Crippen LogP contribution in [0.15, 0.2) is 30.3 Å². The molecule has 132 valence electrons. The largest absolute Gasteiger partial charge is 0.358 e. The van der Waals surface area contributed by atoms with E-state index >= 15 is 0 Å². The Morgan fingerprint density at radius 2 is 1.83 bits per heavy atom. The number of nitrogens with one attached hydrogen (secondary N) is 2. The smallest absolute Gasteiger partial charge is 0.243 e. The molecule has 1 unspecified atom stereocenters. The molecular formula is C17H25N3O4. The summed E-state index contributed by atoms with van der Waals surface area (Å²) in [7, 11) is 1.51. The van der Waals surface area contributed by atoms with Gasteiger partial charge in [0.15, 0.2) is 0 Å². The number of carbonyl (C=O) groups is 3. The van der Waals surface area contributed by atoms with E-state index in [0.717, 1.165) is 5.56 Å². The number of carbonyl (C=O) groups excluding carboxylic acids is 3. The van der Waals surface area contributed by atoms with Gasteiger partial charge in [-0.15, -0.1) is 0 Å². The van der Waals surface area contributed by atoms with Crippen molar-refractivity contribution >= 4 is 17.7 Å². The monoisotopic (exact) mass is 335 g/mol. The van der Waals surface area contributed by atoms with Crippen LogP contribution in [0.25, 0.3) is 0 Å². The molecule has 0 aliphatic rings. The summed E-state index contributed by atoms with van der Waals surface area (Å²) in [6.07, 6.45) is 0.505. The normalized spacial score (nSPS) is 11.5. The van der Waals surface area contributed by atoms with Gasteiger partial charge in [0.1, 0.15) is 6.10 Å². The number of hydrogen-bond acceptors (Lipinski definition) is 4. The highest BCUT2D eigenvalue weighted by Crippen LogP contribution is 2.02. The molecule has 1 aromatic rings. The summed E-state index contributed by atoms with van der Waals surface area (Å²) in [6.45, 7) is 3.27. The van der Waals surface area contributed by atoms with Crippen molar-refractivity contribution in [3.8, 4) is 0 Å². The minimum absolute atomic E-state index is 0.0402. The van der Waals surface area contributed by atoms with Gasteiger partial charge in [-0.25, -0.2) is 5.48 Å². The third-order valence-electron chi connectivity index (χ3n) is 3.39. The summed E-state index contributed by atoms with van der Waals surface area (Å²) in [6, 6.07) is 9.69. The molecule has 1 rings (SSSR count). The number of likely N-dealkylation sites (N-methyl/N-ethyl adjacent to an activating group) is 1. The zero-order valence-corrected chi connectivity index (χ0v) is 14.4. The van der Waals surface area contributed by atoms with Crippen LogP contribution in [0.1, 0.15) is 25.8 Å². The van der Waals surface area contributed by atoms with Crippen molar-refractivity contribution in [3.63, 3.8) is 0 Å². The van der Waals surface area contributed by atoms with E-state index < -0.39 is 6.10 Å². The van der Waals surface area contributed by atoms with Crippen LogP contribution >= 0.6 is 0 Å². The summed E-state index contributed by atoms with van der Waals surface area (Å²) < 4.78 is 0. The summed E-state index contributed by atoms with van der Waals surface area (Å²) in [5, 5.41) is 2.46. The van der Waals surface area contributed by atoms with Gasteiger partial charge in [-0.3, -0.25) is 19.2 Å². The minimum Gasteiger partial charge on any atom is -0.358 e. The maximum Gasteiger partial charge on any atom is 0.243 e. The van der Waals surface area contributed by atoms with E-state index in [1.807, 2.05) is 30.3 Å². The Hall–Kier alpha value is -2.41. The molecule has 0 saturated heterocycles. The molecule has 0 aliphatic heterocycles. The van der Waals surface area contributed by atoms with Gasteiger partial charge >= 0.3 is 0 Å². The number of rotatable bonds is 9.